The summed E-state index contributed by atoms with van der Waals surface area (Å²) >= 11 is 7.97. The van der Waals surface area contributed by atoms with Crippen molar-refractivity contribution in [1.29, 1.82) is 0 Å². The Morgan fingerprint density at radius 2 is 0.810 bits per heavy atom. The maximum atomic E-state index is 3.99. The van der Waals surface area contributed by atoms with Crippen LogP contribution >= 0.6 is 31.9 Å². The van der Waals surface area contributed by atoms with E-state index in [0.717, 1.165) is 0 Å². The lowest BCUT2D eigenvalue weighted by atomic mass is 10.1. The first-order chi connectivity index (χ1) is 9.91. The second-order valence-electron chi connectivity index (χ2n) is 6.13. The molecule has 0 amide bonds. The molecular formula is C17H38Br2N2+2. The summed E-state index contributed by atoms with van der Waals surface area (Å²) in [6, 6.07) is 0. The summed E-state index contributed by atoms with van der Waals surface area (Å²) in [5.74, 6) is 0. The molecule has 2 nitrogen and oxygen atoms in total. The molecule has 2 atom stereocenters. The molecule has 0 saturated heterocycles. The predicted molar refractivity (Wildman–Crippen MR) is 103 cm³/mol. The summed E-state index contributed by atoms with van der Waals surface area (Å²) in [4.78, 5) is 1.20. The van der Waals surface area contributed by atoms with Gasteiger partial charge in [-0.15, -0.1) is 0 Å². The molecule has 0 radical (unpaired) electrons. The Bertz CT molecular complexity index is 221. The van der Waals surface area contributed by atoms with E-state index < -0.39 is 0 Å². The Kier molecular flexibility index (Phi) is 11.1. The van der Waals surface area contributed by atoms with E-state index in [0.29, 0.717) is 9.90 Å². The highest BCUT2D eigenvalue weighted by Crippen LogP contribution is 2.28. The van der Waals surface area contributed by atoms with Gasteiger partial charge in [0, 0.05) is 12.8 Å². The Morgan fingerprint density at radius 3 is 1.00 bits per heavy atom. The van der Waals surface area contributed by atoms with Crippen LogP contribution in [0.25, 0.3) is 0 Å². The Balaban J connectivity index is 4.48. The van der Waals surface area contributed by atoms with Crippen molar-refractivity contribution in [3.63, 3.8) is 0 Å². The summed E-state index contributed by atoms with van der Waals surface area (Å²) in [6.07, 6.45) is 3.84. The van der Waals surface area contributed by atoms with Gasteiger partial charge in [0.05, 0.1) is 39.3 Å². The molecule has 0 N–H and O–H groups in total. The van der Waals surface area contributed by atoms with Crippen LogP contribution in [0.4, 0.5) is 0 Å². The molecule has 0 aromatic heterocycles. The van der Waals surface area contributed by atoms with E-state index in [2.05, 4.69) is 73.4 Å². The van der Waals surface area contributed by atoms with Crippen molar-refractivity contribution in [2.24, 2.45) is 0 Å². The van der Waals surface area contributed by atoms with Gasteiger partial charge in [0.1, 0.15) is 9.90 Å². The first-order valence-electron chi connectivity index (χ1n) is 8.91. The maximum absolute atomic E-state index is 3.99. The van der Waals surface area contributed by atoms with Gasteiger partial charge in [-0.1, -0.05) is 0 Å². The minimum absolute atomic E-state index is 0.601. The van der Waals surface area contributed by atoms with Crippen molar-refractivity contribution < 1.29 is 8.97 Å². The van der Waals surface area contributed by atoms with E-state index >= 15 is 0 Å². The van der Waals surface area contributed by atoms with Crippen LogP contribution in [0.15, 0.2) is 0 Å². The molecule has 0 aliphatic heterocycles. The van der Waals surface area contributed by atoms with Crippen molar-refractivity contribution in [3.05, 3.63) is 0 Å². The average Bonchev–Trinajstić information content (AvgIpc) is 2.52. The standard InChI is InChI=1S/C17H38Br2N2/c1-7-20(8-2,9-3)16(18)14-13-15-17(19)21(10-4,11-5)12-6/h16-17H,7-15H2,1-6H3/q+2. The summed E-state index contributed by atoms with van der Waals surface area (Å²) in [6.45, 7) is 21.3. The van der Waals surface area contributed by atoms with Gasteiger partial charge >= 0.3 is 0 Å². The molecule has 0 rings (SSSR count). The summed E-state index contributed by atoms with van der Waals surface area (Å²) < 4.78 is 2.39. The fourth-order valence-electron chi connectivity index (χ4n) is 3.53. The van der Waals surface area contributed by atoms with Gasteiger partial charge in [-0.2, -0.15) is 0 Å². The van der Waals surface area contributed by atoms with Crippen LogP contribution < -0.4 is 0 Å². The average molecular weight is 430 g/mol. The summed E-state index contributed by atoms with van der Waals surface area (Å²) in [7, 11) is 0. The number of hydrogen-bond donors (Lipinski definition) is 0. The van der Waals surface area contributed by atoms with E-state index in [1.165, 1.54) is 67.5 Å². The van der Waals surface area contributed by atoms with Gasteiger partial charge in [-0.25, -0.2) is 0 Å². The lowest BCUT2D eigenvalue weighted by molar-refractivity contribution is -0.933. The van der Waals surface area contributed by atoms with Gasteiger partial charge in [0.15, 0.2) is 0 Å². The molecule has 0 heterocycles. The third-order valence-electron chi connectivity index (χ3n) is 5.85. The fourth-order valence-corrected chi connectivity index (χ4v) is 5.92. The zero-order valence-electron chi connectivity index (χ0n) is 15.2. The Morgan fingerprint density at radius 1 is 0.571 bits per heavy atom. The molecule has 21 heavy (non-hydrogen) atoms. The second-order valence-corrected chi connectivity index (χ2v) is 8.25. The molecule has 0 aromatic carbocycles. The number of halogens is 2. The van der Waals surface area contributed by atoms with Crippen LogP contribution in [0.2, 0.25) is 0 Å². The molecule has 4 heteroatoms. The van der Waals surface area contributed by atoms with Gasteiger partial charge < -0.3 is 8.97 Å². The largest absolute Gasteiger partial charge is 0.313 e. The van der Waals surface area contributed by atoms with Gasteiger partial charge in [0.2, 0.25) is 0 Å². The summed E-state index contributed by atoms with van der Waals surface area (Å²) in [5, 5.41) is 0. The number of quaternary nitrogens is 2. The van der Waals surface area contributed by atoms with E-state index in [1.807, 2.05) is 0 Å². The lowest BCUT2D eigenvalue weighted by Gasteiger charge is -2.42. The van der Waals surface area contributed by atoms with E-state index in [1.54, 1.807) is 0 Å². The minimum Gasteiger partial charge on any atom is -0.313 e. The topological polar surface area (TPSA) is 0 Å². The number of rotatable bonds is 12. The van der Waals surface area contributed by atoms with Crippen LogP contribution in [0.5, 0.6) is 0 Å². The zero-order valence-corrected chi connectivity index (χ0v) is 18.3. The minimum atomic E-state index is 0.601. The monoisotopic (exact) mass is 428 g/mol. The molecule has 0 bridgehead atoms. The predicted octanol–water partition coefficient (Wildman–Crippen LogP) is 5.35. The summed E-state index contributed by atoms with van der Waals surface area (Å²) in [5.41, 5.74) is 0. The third-order valence-corrected chi connectivity index (χ3v) is 8.51. The Labute approximate surface area is 150 Å². The molecule has 0 aliphatic carbocycles. The quantitative estimate of drug-likeness (QED) is 0.222. The lowest BCUT2D eigenvalue weighted by Crippen LogP contribution is -2.53. The van der Waals surface area contributed by atoms with Gasteiger partial charge in [0.25, 0.3) is 0 Å². The maximum Gasteiger partial charge on any atom is 0.144 e. The zero-order chi connectivity index (χ0) is 16.5. The molecular weight excluding hydrogens is 392 g/mol. The van der Waals surface area contributed by atoms with Crippen LogP contribution in [-0.2, 0) is 0 Å². The fraction of sp³-hybridized carbons (Fsp3) is 1.00. The van der Waals surface area contributed by atoms with E-state index in [9.17, 15) is 0 Å². The van der Waals surface area contributed by atoms with Crippen LogP contribution in [0.1, 0.15) is 60.8 Å². The molecule has 0 fully saturated rings. The van der Waals surface area contributed by atoms with Crippen molar-refractivity contribution in [1.82, 2.24) is 0 Å². The molecule has 2 unspecified atom stereocenters. The number of hydrogen-bond acceptors (Lipinski definition) is 0. The molecule has 0 aliphatic rings. The second kappa shape index (κ2) is 10.6. The first kappa shape index (κ1) is 21.9. The smallest absolute Gasteiger partial charge is 0.144 e. The number of alkyl halides is 2. The van der Waals surface area contributed by atoms with Gasteiger partial charge in [-0.3, -0.25) is 0 Å². The van der Waals surface area contributed by atoms with Crippen molar-refractivity contribution in [2.75, 3.05) is 39.3 Å². The van der Waals surface area contributed by atoms with E-state index in [-0.39, 0.29) is 0 Å². The van der Waals surface area contributed by atoms with Gasteiger partial charge in [-0.05, 0) is 79.8 Å². The molecule has 0 aromatic rings. The number of nitrogens with zero attached hydrogens (tertiary/aromatic N) is 2. The van der Waals surface area contributed by atoms with Crippen LogP contribution in [0.3, 0.4) is 0 Å². The first-order valence-corrected chi connectivity index (χ1v) is 10.7. The third kappa shape index (κ3) is 5.47. The molecule has 0 saturated carbocycles. The van der Waals surface area contributed by atoms with Crippen molar-refractivity contribution in [3.8, 4) is 0 Å². The highest BCUT2D eigenvalue weighted by molar-refractivity contribution is 9.09. The molecule has 128 valence electrons. The van der Waals surface area contributed by atoms with Crippen LogP contribution in [-0.4, -0.2) is 58.1 Å². The van der Waals surface area contributed by atoms with E-state index in [4.69, 9.17) is 0 Å². The van der Waals surface area contributed by atoms with Crippen molar-refractivity contribution in [2.45, 2.75) is 70.7 Å². The Hall–Kier alpha value is 0.880. The highest BCUT2D eigenvalue weighted by atomic mass is 79.9. The SMILES string of the molecule is CC[N+](CC)(CC)C(Br)CCCC(Br)[N+](CC)(CC)CC. The normalized spacial score (nSPS) is 16.0. The highest BCUT2D eigenvalue weighted by Gasteiger charge is 2.32. The van der Waals surface area contributed by atoms with Crippen LogP contribution in [0, 0.1) is 0 Å². The van der Waals surface area contributed by atoms with Crippen molar-refractivity contribution >= 4 is 31.9 Å². The molecule has 0 spiro atoms.